The van der Waals surface area contributed by atoms with Crippen molar-refractivity contribution in [1.29, 1.82) is 0 Å². The molecule has 0 aliphatic carbocycles. The van der Waals surface area contributed by atoms with Crippen molar-refractivity contribution in [2.45, 2.75) is 51.6 Å². The smallest absolute Gasteiger partial charge is 0.417 e. The molecular formula is C35H33F3N2O3. The normalized spacial score (nSPS) is 16.0. The second-order valence-electron chi connectivity index (χ2n) is 10.7. The van der Waals surface area contributed by atoms with E-state index >= 15 is 0 Å². The summed E-state index contributed by atoms with van der Waals surface area (Å²) in [5, 5.41) is 9.76. The van der Waals surface area contributed by atoms with E-state index in [1.807, 2.05) is 61.5 Å². The third kappa shape index (κ3) is 7.32. The molecule has 1 saturated heterocycles. The highest BCUT2D eigenvalue weighted by molar-refractivity contribution is 5.78. The lowest BCUT2D eigenvalue weighted by molar-refractivity contribution is -0.145. The molecule has 1 aliphatic rings. The van der Waals surface area contributed by atoms with E-state index in [1.54, 1.807) is 29.4 Å². The van der Waals surface area contributed by atoms with Crippen LogP contribution in [0.15, 0.2) is 85.2 Å². The van der Waals surface area contributed by atoms with Crippen LogP contribution in [-0.4, -0.2) is 33.5 Å². The van der Waals surface area contributed by atoms with E-state index in [0.717, 1.165) is 46.7 Å². The molecule has 222 valence electrons. The van der Waals surface area contributed by atoms with E-state index in [2.05, 4.69) is 4.98 Å². The lowest BCUT2D eigenvalue weighted by atomic mass is 9.95. The van der Waals surface area contributed by atoms with Crippen molar-refractivity contribution in [1.82, 2.24) is 9.88 Å². The molecule has 4 aromatic rings. The fourth-order valence-electron chi connectivity index (χ4n) is 5.55. The SMILES string of the molecule is Cc1c(C=Cc2cc(OCc3cccnc3)c(CN3CCCCC3C(=O)O)cc2C(F)(F)F)cccc1-c1ccccc1. The zero-order chi connectivity index (χ0) is 30.4. The van der Waals surface area contributed by atoms with Crippen molar-refractivity contribution >= 4 is 18.1 Å². The van der Waals surface area contributed by atoms with Crippen LogP contribution in [0.5, 0.6) is 5.75 Å². The second kappa shape index (κ2) is 13.3. The maximum Gasteiger partial charge on any atom is 0.417 e. The highest BCUT2D eigenvalue weighted by atomic mass is 19.4. The molecule has 0 amide bonds. The molecule has 8 heteroatoms. The van der Waals surface area contributed by atoms with Crippen molar-refractivity contribution < 1.29 is 27.8 Å². The fraction of sp³-hybridized carbons (Fsp3) is 0.257. The van der Waals surface area contributed by atoms with Crippen LogP contribution in [0.2, 0.25) is 0 Å². The molecule has 43 heavy (non-hydrogen) atoms. The van der Waals surface area contributed by atoms with Gasteiger partial charge in [-0.05, 0) is 72.3 Å². The Balaban J connectivity index is 1.55. The molecule has 1 aliphatic heterocycles. The number of halogens is 3. The van der Waals surface area contributed by atoms with Gasteiger partial charge >= 0.3 is 12.1 Å². The van der Waals surface area contributed by atoms with Gasteiger partial charge in [-0.2, -0.15) is 13.2 Å². The third-order valence-electron chi connectivity index (χ3n) is 7.83. The number of alkyl halides is 3. The zero-order valence-electron chi connectivity index (χ0n) is 23.8. The van der Waals surface area contributed by atoms with Gasteiger partial charge in [0.2, 0.25) is 0 Å². The molecule has 1 atom stereocenters. The van der Waals surface area contributed by atoms with Gasteiger partial charge in [-0.3, -0.25) is 14.7 Å². The van der Waals surface area contributed by atoms with Crippen molar-refractivity contribution in [3.8, 4) is 16.9 Å². The summed E-state index contributed by atoms with van der Waals surface area (Å²) in [7, 11) is 0. The molecule has 5 rings (SSSR count). The number of nitrogens with zero attached hydrogens (tertiary/aromatic N) is 2. The van der Waals surface area contributed by atoms with Gasteiger partial charge in [0, 0.05) is 30.1 Å². The van der Waals surface area contributed by atoms with Gasteiger partial charge in [0.15, 0.2) is 0 Å². The quantitative estimate of drug-likeness (QED) is 0.200. The topological polar surface area (TPSA) is 62.7 Å². The van der Waals surface area contributed by atoms with Gasteiger partial charge in [0.25, 0.3) is 0 Å². The Labute approximate surface area is 249 Å². The number of piperidine rings is 1. The van der Waals surface area contributed by atoms with E-state index in [9.17, 15) is 23.1 Å². The molecule has 1 N–H and O–H groups in total. The van der Waals surface area contributed by atoms with Gasteiger partial charge < -0.3 is 9.84 Å². The van der Waals surface area contributed by atoms with E-state index < -0.39 is 23.8 Å². The van der Waals surface area contributed by atoms with Crippen molar-refractivity contribution in [3.05, 3.63) is 119 Å². The average Bonchev–Trinajstić information content (AvgIpc) is 3.00. The van der Waals surface area contributed by atoms with E-state index in [-0.39, 0.29) is 24.5 Å². The molecule has 5 nitrogen and oxygen atoms in total. The van der Waals surface area contributed by atoms with Crippen LogP contribution in [0.25, 0.3) is 23.3 Å². The molecule has 1 aromatic heterocycles. The molecular weight excluding hydrogens is 553 g/mol. The number of pyridine rings is 1. The summed E-state index contributed by atoms with van der Waals surface area (Å²) < 4.78 is 49.6. The van der Waals surface area contributed by atoms with Gasteiger partial charge in [0.05, 0.1) is 5.56 Å². The minimum Gasteiger partial charge on any atom is -0.488 e. The van der Waals surface area contributed by atoms with Crippen molar-refractivity contribution in [2.24, 2.45) is 0 Å². The summed E-state index contributed by atoms with van der Waals surface area (Å²) in [4.78, 5) is 17.7. The van der Waals surface area contributed by atoms with Gasteiger partial charge in [0.1, 0.15) is 18.4 Å². The van der Waals surface area contributed by atoms with Crippen LogP contribution in [0.3, 0.4) is 0 Å². The Morgan fingerprint density at radius 3 is 2.53 bits per heavy atom. The van der Waals surface area contributed by atoms with Gasteiger partial charge in [-0.15, -0.1) is 0 Å². The molecule has 1 unspecified atom stereocenters. The first-order chi connectivity index (χ1) is 20.7. The largest absolute Gasteiger partial charge is 0.488 e. The third-order valence-corrected chi connectivity index (χ3v) is 7.83. The number of carbonyl (C=O) groups is 1. The van der Waals surface area contributed by atoms with Crippen LogP contribution in [0.4, 0.5) is 13.2 Å². The summed E-state index contributed by atoms with van der Waals surface area (Å²) >= 11 is 0. The minimum atomic E-state index is -4.63. The van der Waals surface area contributed by atoms with Gasteiger partial charge in [-0.1, -0.05) is 73.2 Å². The number of aromatic nitrogens is 1. The van der Waals surface area contributed by atoms with Crippen LogP contribution < -0.4 is 4.74 Å². The lowest BCUT2D eigenvalue weighted by Crippen LogP contribution is -2.44. The maximum atomic E-state index is 14.5. The van der Waals surface area contributed by atoms with Crippen LogP contribution in [0, 0.1) is 6.92 Å². The number of likely N-dealkylation sites (tertiary alicyclic amines) is 1. The van der Waals surface area contributed by atoms with E-state index in [1.165, 1.54) is 12.1 Å². The predicted molar refractivity (Wildman–Crippen MR) is 161 cm³/mol. The van der Waals surface area contributed by atoms with E-state index in [0.29, 0.717) is 18.5 Å². The minimum absolute atomic E-state index is 0.0321. The molecule has 0 bridgehead atoms. The fourth-order valence-corrected chi connectivity index (χ4v) is 5.55. The maximum absolute atomic E-state index is 14.5. The van der Waals surface area contributed by atoms with Crippen LogP contribution in [-0.2, 0) is 24.1 Å². The summed E-state index contributed by atoms with van der Waals surface area (Å²) in [6.45, 7) is 2.58. The summed E-state index contributed by atoms with van der Waals surface area (Å²) in [5.41, 5.74) is 4.01. The Morgan fingerprint density at radius 1 is 1.02 bits per heavy atom. The molecule has 0 radical (unpaired) electrons. The molecule has 0 saturated carbocycles. The number of aliphatic carboxylic acids is 1. The Kier molecular flexibility index (Phi) is 9.26. The zero-order valence-corrected chi connectivity index (χ0v) is 23.8. The first-order valence-electron chi connectivity index (χ1n) is 14.3. The van der Waals surface area contributed by atoms with Crippen molar-refractivity contribution in [3.63, 3.8) is 0 Å². The highest BCUT2D eigenvalue weighted by Gasteiger charge is 2.35. The monoisotopic (exact) mass is 586 g/mol. The number of carboxylic acids is 1. The second-order valence-corrected chi connectivity index (χ2v) is 10.7. The molecule has 1 fully saturated rings. The standard InChI is InChI=1S/C35H33F3N2O3/c1-24-26(12-7-13-30(24)27-10-3-2-4-11-27)15-16-28-20-33(43-23-25-9-8-17-39-21-25)29(19-31(28)35(36,37)38)22-40-18-6-5-14-32(40)34(41)42/h2-4,7-13,15-17,19-21,32H,5-6,14,18,22-23H2,1H3,(H,41,42). The van der Waals surface area contributed by atoms with E-state index in [4.69, 9.17) is 4.74 Å². The Morgan fingerprint density at radius 2 is 1.81 bits per heavy atom. The molecule has 3 aromatic carbocycles. The summed E-state index contributed by atoms with van der Waals surface area (Å²) in [6.07, 6.45) is 3.81. The number of benzene rings is 3. The lowest BCUT2D eigenvalue weighted by Gasteiger charge is -2.33. The Bertz CT molecular complexity index is 1590. The molecule has 2 heterocycles. The van der Waals surface area contributed by atoms with Crippen LogP contribution >= 0.6 is 0 Å². The van der Waals surface area contributed by atoms with Gasteiger partial charge in [-0.25, -0.2) is 0 Å². The van der Waals surface area contributed by atoms with Crippen LogP contribution in [0.1, 0.15) is 52.6 Å². The highest BCUT2D eigenvalue weighted by Crippen LogP contribution is 2.38. The number of carboxylic acid groups (broad SMARTS) is 1. The number of hydrogen-bond acceptors (Lipinski definition) is 4. The first-order valence-corrected chi connectivity index (χ1v) is 14.3. The van der Waals surface area contributed by atoms with Crippen molar-refractivity contribution in [2.75, 3.05) is 6.54 Å². The number of hydrogen-bond donors (Lipinski definition) is 1. The number of ether oxygens (including phenoxy) is 1. The summed E-state index contributed by atoms with van der Waals surface area (Å²) in [6, 6.07) is 21.0. The molecule has 0 spiro atoms. The predicted octanol–water partition coefficient (Wildman–Crippen LogP) is 8.26. The number of rotatable bonds is 9. The Hall–Kier alpha value is -4.43. The summed E-state index contributed by atoms with van der Waals surface area (Å²) in [5.74, 6) is -0.692. The first kappa shape index (κ1) is 30.0. The average molecular weight is 587 g/mol.